The van der Waals surface area contributed by atoms with Crippen molar-refractivity contribution in [2.24, 2.45) is 0 Å². The number of nitrogens with one attached hydrogen (secondary N) is 2. The van der Waals surface area contributed by atoms with E-state index in [0.29, 0.717) is 30.6 Å². The molecule has 2 N–H and O–H groups in total. The number of carbonyl (C=O) groups is 1. The summed E-state index contributed by atoms with van der Waals surface area (Å²) in [5.41, 5.74) is -0.363. The highest BCUT2D eigenvalue weighted by Crippen LogP contribution is 2.33. The van der Waals surface area contributed by atoms with Crippen molar-refractivity contribution < 1.29 is 22.4 Å². The van der Waals surface area contributed by atoms with Crippen LogP contribution in [0.1, 0.15) is 39.4 Å². The van der Waals surface area contributed by atoms with Crippen LogP contribution in [-0.4, -0.2) is 45.9 Å². The molecule has 0 saturated carbocycles. The predicted molar refractivity (Wildman–Crippen MR) is 118 cm³/mol. The number of likely N-dealkylation sites (tertiary alicyclic amines) is 1. The second-order valence-electron chi connectivity index (χ2n) is 8.06. The van der Waals surface area contributed by atoms with Crippen LogP contribution >= 0.6 is 0 Å². The van der Waals surface area contributed by atoms with E-state index >= 15 is 0 Å². The Hall–Kier alpha value is -3.60. The van der Waals surface area contributed by atoms with Gasteiger partial charge in [0.1, 0.15) is 16.9 Å². The van der Waals surface area contributed by atoms with Gasteiger partial charge in [-0.05, 0) is 25.5 Å². The van der Waals surface area contributed by atoms with Crippen LogP contribution in [0.5, 0.6) is 0 Å². The summed E-state index contributed by atoms with van der Waals surface area (Å²) in [5, 5.41) is 2.26. The van der Waals surface area contributed by atoms with Crippen molar-refractivity contribution in [1.82, 2.24) is 25.2 Å². The molecule has 1 aliphatic rings. The lowest BCUT2D eigenvalue weighted by Crippen LogP contribution is -2.22. The third-order valence-electron chi connectivity index (χ3n) is 5.64. The topological polar surface area (TPSA) is 91.0 Å². The van der Waals surface area contributed by atoms with Crippen LogP contribution in [-0.2, 0) is 12.7 Å². The monoisotopic (exact) mass is 475 g/mol. The Labute approximate surface area is 191 Å². The van der Waals surface area contributed by atoms with Crippen molar-refractivity contribution in [2.45, 2.75) is 26.1 Å². The molecule has 1 aromatic carbocycles. The van der Waals surface area contributed by atoms with E-state index in [0.717, 1.165) is 5.57 Å². The van der Waals surface area contributed by atoms with Crippen molar-refractivity contribution in [1.29, 1.82) is 0 Å². The largest absolute Gasteiger partial charge is 0.433 e. The maximum absolute atomic E-state index is 15.0. The fourth-order valence-corrected chi connectivity index (χ4v) is 3.91. The van der Waals surface area contributed by atoms with Gasteiger partial charge >= 0.3 is 6.18 Å². The van der Waals surface area contributed by atoms with Gasteiger partial charge < -0.3 is 10.3 Å². The molecule has 0 atom stereocenters. The molecule has 0 unspecified atom stereocenters. The van der Waals surface area contributed by atoms with Crippen molar-refractivity contribution in [3.8, 4) is 0 Å². The highest BCUT2D eigenvalue weighted by molar-refractivity contribution is 5.92. The van der Waals surface area contributed by atoms with Gasteiger partial charge in [0.25, 0.3) is 11.5 Å². The number of hydrogen-bond donors (Lipinski definition) is 2. The lowest BCUT2D eigenvalue weighted by atomic mass is 10.1. The number of nitrogens with zero attached hydrogens (tertiary/aromatic N) is 3. The first-order valence-electron chi connectivity index (χ1n) is 10.5. The molecular weight excluding hydrogens is 454 g/mol. The highest BCUT2D eigenvalue weighted by atomic mass is 19.4. The van der Waals surface area contributed by atoms with Gasteiger partial charge in [-0.3, -0.25) is 14.5 Å². The molecule has 1 aliphatic heterocycles. The molecule has 178 valence electrons. The number of pyridine rings is 1. The number of amides is 1. The van der Waals surface area contributed by atoms with E-state index in [2.05, 4.69) is 20.3 Å². The number of aryl methyl sites for hydroxylation is 1. The summed E-state index contributed by atoms with van der Waals surface area (Å²) in [7, 11) is 1.31. The summed E-state index contributed by atoms with van der Waals surface area (Å²) in [6.07, 6.45) is -2.81. The zero-order valence-corrected chi connectivity index (χ0v) is 18.4. The Morgan fingerprint density at radius 1 is 1.24 bits per heavy atom. The van der Waals surface area contributed by atoms with Crippen LogP contribution in [0.2, 0.25) is 0 Å². The Kier molecular flexibility index (Phi) is 6.22. The van der Waals surface area contributed by atoms with E-state index in [1.54, 1.807) is 12.1 Å². The van der Waals surface area contributed by atoms with E-state index in [9.17, 15) is 27.2 Å². The zero-order chi connectivity index (χ0) is 24.6. The molecule has 34 heavy (non-hydrogen) atoms. The standard InChI is InChI=1S/C23H21F4N5O2/c1-12-21(33)31-19-16(29-12)5-4-15(18(19)24)11-32-8-7-13(10-32)9-14-3-6-17(22(34)28-2)30-20(14)23(25,26)27/h3-6,9H,7-8,10-11H2,1-2H3,(H,28,34)(H,31,33)/b13-9-. The van der Waals surface area contributed by atoms with Gasteiger partial charge in [-0.2, -0.15) is 13.2 Å². The van der Waals surface area contributed by atoms with Gasteiger partial charge in [-0.1, -0.05) is 23.8 Å². The molecule has 0 bridgehead atoms. The molecule has 1 amide bonds. The Balaban J connectivity index is 1.57. The lowest BCUT2D eigenvalue weighted by Gasteiger charge is -2.16. The summed E-state index contributed by atoms with van der Waals surface area (Å²) >= 11 is 0. The fourth-order valence-electron chi connectivity index (χ4n) is 3.91. The molecule has 11 heteroatoms. The minimum atomic E-state index is -4.73. The number of alkyl halides is 3. The second-order valence-corrected chi connectivity index (χ2v) is 8.06. The molecule has 3 aromatic rings. The van der Waals surface area contributed by atoms with Gasteiger partial charge in [0.2, 0.25) is 0 Å². The number of aromatic nitrogens is 3. The number of fused-ring (bicyclic) bond motifs is 1. The van der Waals surface area contributed by atoms with Crippen LogP contribution < -0.4 is 10.9 Å². The first-order chi connectivity index (χ1) is 16.1. The molecular formula is C23H21F4N5O2. The maximum Gasteiger partial charge on any atom is 0.433 e. The minimum absolute atomic E-state index is 0.0279. The van der Waals surface area contributed by atoms with Crippen LogP contribution in [0.15, 0.2) is 34.6 Å². The second kappa shape index (κ2) is 8.98. The van der Waals surface area contributed by atoms with Crippen LogP contribution in [0.3, 0.4) is 0 Å². The average Bonchev–Trinajstić information content (AvgIpc) is 3.23. The van der Waals surface area contributed by atoms with Gasteiger partial charge in [0, 0.05) is 37.8 Å². The summed E-state index contributed by atoms with van der Waals surface area (Å²) < 4.78 is 55.6. The predicted octanol–water partition coefficient (Wildman–Crippen LogP) is 3.43. The molecule has 2 aromatic heterocycles. The fraction of sp³-hybridized carbons (Fsp3) is 0.304. The molecule has 1 saturated heterocycles. The van der Waals surface area contributed by atoms with Crippen LogP contribution in [0.4, 0.5) is 17.6 Å². The van der Waals surface area contributed by atoms with Crippen molar-refractivity contribution in [3.05, 3.63) is 74.2 Å². The summed E-state index contributed by atoms with van der Waals surface area (Å²) in [4.78, 5) is 35.5. The van der Waals surface area contributed by atoms with E-state index in [1.807, 2.05) is 4.90 Å². The van der Waals surface area contributed by atoms with E-state index in [-0.39, 0.29) is 29.0 Å². The molecule has 0 spiro atoms. The summed E-state index contributed by atoms with van der Waals surface area (Å²) in [6.45, 7) is 2.62. The summed E-state index contributed by atoms with van der Waals surface area (Å²) in [6, 6.07) is 5.69. The smallest absolute Gasteiger partial charge is 0.354 e. The average molecular weight is 475 g/mol. The van der Waals surface area contributed by atoms with Crippen molar-refractivity contribution >= 4 is 23.0 Å². The highest BCUT2D eigenvalue weighted by Gasteiger charge is 2.36. The van der Waals surface area contributed by atoms with Gasteiger partial charge in [0.05, 0.1) is 5.52 Å². The third kappa shape index (κ3) is 4.69. The normalized spacial score (nSPS) is 15.9. The zero-order valence-electron chi connectivity index (χ0n) is 18.4. The molecule has 1 fully saturated rings. The summed E-state index contributed by atoms with van der Waals surface area (Å²) in [5.74, 6) is -1.28. The number of H-pyrrole nitrogens is 1. The van der Waals surface area contributed by atoms with Gasteiger partial charge in [-0.25, -0.2) is 14.4 Å². The molecule has 0 radical (unpaired) electrons. The number of carbonyl (C=O) groups excluding carboxylic acids is 1. The number of rotatable bonds is 4. The van der Waals surface area contributed by atoms with Crippen molar-refractivity contribution in [2.75, 3.05) is 20.1 Å². The SMILES string of the molecule is CNC(=O)c1ccc(/C=C2/CCN(Cc3ccc4nc(C)c(=O)[nH]c4c3F)C2)c(C(F)(F)F)n1. The lowest BCUT2D eigenvalue weighted by molar-refractivity contribution is -0.141. The molecule has 3 heterocycles. The van der Waals surface area contributed by atoms with E-state index in [4.69, 9.17) is 0 Å². The molecule has 7 nitrogen and oxygen atoms in total. The molecule has 4 rings (SSSR count). The quantitative estimate of drug-likeness (QED) is 0.565. The Morgan fingerprint density at radius 2 is 2.00 bits per heavy atom. The number of aromatic amines is 1. The first-order valence-corrected chi connectivity index (χ1v) is 10.5. The van der Waals surface area contributed by atoms with Crippen LogP contribution in [0.25, 0.3) is 17.1 Å². The van der Waals surface area contributed by atoms with Gasteiger partial charge in [0.15, 0.2) is 11.5 Å². The van der Waals surface area contributed by atoms with Crippen LogP contribution in [0, 0.1) is 12.7 Å². The number of halogens is 4. The minimum Gasteiger partial charge on any atom is -0.354 e. The third-order valence-corrected chi connectivity index (χ3v) is 5.64. The van der Waals surface area contributed by atoms with Crippen molar-refractivity contribution in [3.63, 3.8) is 0 Å². The Bertz CT molecular complexity index is 1360. The van der Waals surface area contributed by atoms with E-state index in [1.165, 1.54) is 32.2 Å². The van der Waals surface area contributed by atoms with E-state index < -0.39 is 29.2 Å². The molecule has 0 aliphatic carbocycles. The maximum atomic E-state index is 15.0. The Morgan fingerprint density at radius 3 is 2.71 bits per heavy atom. The van der Waals surface area contributed by atoms with Gasteiger partial charge in [-0.15, -0.1) is 0 Å². The first kappa shape index (κ1) is 23.6. The number of benzene rings is 1. The number of hydrogen-bond acceptors (Lipinski definition) is 5.